The molecule has 0 bridgehead atoms. The van der Waals surface area contributed by atoms with Crippen LogP contribution < -0.4 is 11.3 Å². The quantitative estimate of drug-likeness (QED) is 0.728. The third-order valence-electron chi connectivity index (χ3n) is 2.22. The van der Waals surface area contributed by atoms with Crippen molar-refractivity contribution in [3.05, 3.63) is 21.6 Å². The van der Waals surface area contributed by atoms with Crippen molar-refractivity contribution in [2.45, 2.75) is 26.8 Å². The van der Waals surface area contributed by atoms with E-state index in [2.05, 4.69) is 4.98 Å². The third-order valence-corrected chi connectivity index (χ3v) is 2.22. The van der Waals surface area contributed by atoms with E-state index in [0.717, 1.165) is 0 Å². The molecule has 6 nitrogen and oxygen atoms in total. The maximum Gasteiger partial charge on any atom is 0.305 e. The lowest BCUT2D eigenvalue weighted by molar-refractivity contribution is -0.137. The molecule has 0 spiro atoms. The Morgan fingerprint density at radius 3 is 2.67 bits per heavy atom. The summed E-state index contributed by atoms with van der Waals surface area (Å²) in [5, 5.41) is 8.50. The Hall–Kier alpha value is -1.85. The molecule has 15 heavy (non-hydrogen) atoms. The number of carbonyl (C=O) groups is 1. The van der Waals surface area contributed by atoms with Crippen LogP contribution in [-0.4, -0.2) is 20.6 Å². The number of aryl methyl sites for hydroxylation is 1. The van der Waals surface area contributed by atoms with E-state index >= 15 is 0 Å². The molecule has 0 radical (unpaired) electrons. The molecular formula is C9H13N3O3. The van der Waals surface area contributed by atoms with E-state index in [1.54, 1.807) is 13.8 Å². The average Bonchev–Trinajstić information content (AvgIpc) is 2.14. The number of carboxylic acids is 1. The van der Waals surface area contributed by atoms with Crippen molar-refractivity contribution in [1.82, 2.24) is 9.55 Å². The summed E-state index contributed by atoms with van der Waals surface area (Å²) in [5.41, 5.74) is 6.33. The predicted molar refractivity (Wildman–Crippen MR) is 54.6 cm³/mol. The molecule has 0 aromatic carbocycles. The van der Waals surface area contributed by atoms with Gasteiger partial charge in [0.2, 0.25) is 5.95 Å². The van der Waals surface area contributed by atoms with Crippen LogP contribution >= 0.6 is 0 Å². The summed E-state index contributed by atoms with van der Waals surface area (Å²) in [5.74, 6) is -0.913. The number of carboxylic acid groups (broad SMARTS) is 1. The van der Waals surface area contributed by atoms with Gasteiger partial charge in [-0.25, -0.2) is 4.98 Å². The molecule has 0 fully saturated rings. The molecule has 1 heterocycles. The lowest BCUT2D eigenvalue weighted by atomic mass is 10.2. The van der Waals surface area contributed by atoms with Crippen LogP contribution in [0.3, 0.4) is 0 Å². The number of aliphatic carboxylic acids is 1. The van der Waals surface area contributed by atoms with Gasteiger partial charge in [0.25, 0.3) is 5.56 Å². The van der Waals surface area contributed by atoms with E-state index in [9.17, 15) is 9.59 Å². The van der Waals surface area contributed by atoms with Gasteiger partial charge in [-0.1, -0.05) is 0 Å². The Morgan fingerprint density at radius 1 is 1.53 bits per heavy atom. The van der Waals surface area contributed by atoms with Crippen molar-refractivity contribution in [2.24, 2.45) is 0 Å². The second-order valence-electron chi connectivity index (χ2n) is 3.28. The van der Waals surface area contributed by atoms with Gasteiger partial charge in [-0.2, -0.15) is 0 Å². The van der Waals surface area contributed by atoms with E-state index in [-0.39, 0.29) is 24.5 Å². The minimum Gasteiger partial charge on any atom is -0.481 e. The molecule has 3 N–H and O–H groups in total. The molecule has 0 aliphatic heterocycles. The Morgan fingerprint density at radius 2 is 2.13 bits per heavy atom. The molecule has 1 aromatic rings. The van der Waals surface area contributed by atoms with Crippen LogP contribution in [0.25, 0.3) is 0 Å². The van der Waals surface area contributed by atoms with E-state index in [4.69, 9.17) is 10.8 Å². The molecule has 0 saturated heterocycles. The van der Waals surface area contributed by atoms with Crippen LogP contribution in [0.2, 0.25) is 0 Å². The second kappa shape index (κ2) is 4.12. The first-order valence-corrected chi connectivity index (χ1v) is 4.48. The normalized spacial score (nSPS) is 10.3. The highest BCUT2D eigenvalue weighted by Gasteiger charge is 2.09. The average molecular weight is 211 g/mol. The molecule has 0 amide bonds. The zero-order chi connectivity index (χ0) is 11.6. The van der Waals surface area contributed by atoms with Crippen molar-refractivity contribution in [2.75, 3.05) is 5.73 Å². The highest BCUT2D eigenvalue weighted by molar-refractivity contribution is 5.66. The van der Waals surface area contributed by atoms with Crippen LogP contribution in [0, 0.1) is 13.8 Å². The third kappa shape index (κ3) is 2.34. The van der Waals surface area contributed by atoms with Gasteiger partial charge >= 0.3 is 5.97 Å². The number of hydrogen-bond acceptors (Lipinski definition) is 4. The van der Waals surface area contributed by atoms with Gasteiger partial charge in [-0.05, 0) is 13.8 Å². The summed E-state index contributed by atoms with van der Waals surface area (Å²) in [6, 6.07) is 0. The fourth-order valence-corrected chi connectivity index (χ4v) is 1.20. The number of nitrogen functional groups attached to an aromatic ring is 1. The zero-order valence-corrected chi connectivity index (χ0v) is 8.65. The van der Waals surface area contributed by atoms with Gasteiger partial charge in [0, 0.05) is 17.8 Å². The van der Waals surface area contributed by atoms with Crippen molar-refractivity contribution < 1.29 is 9.90 Å². The largest absolute Gasteiger partial charge is 0.481 e. The summed E-state index contributed by atoms with van der Waals surface area (Å²) < 4.78 is 1.18. The first-order valence-electron chi connectivity index (χ1n) is 4.48. The zero-order valence-electron chi connectivity index (χ0n) is 8.65. The fourth-order valence-electron chi connectivity index (χ4n) is 1.20. The number of nitrogens with zero attached hydrogens (tertiary/aromatic N) is 2. The smallest absolute Gasteiger partial charge is 0.305 e. The van der Waals surface area contributed by atoms with Crippen LogP contribution in [0.4, 0.5) is 5.95 Å². The van der Waals surface area contributed by atoms with Crippen molar-refractivity contribution in [1.29, 1.82) is 0 Å². The minimum absolute atomic E-state index is 0.0497. The van der Waals surface area contributed by atoms with Crippen molar-refractivity contribution in [3.63, 3.8) is 0 Å². The molecule has 0 unspecified atom stereocenters. The van der Waals surface area contributed by atoms with E-state index in [1.807, 2.05) is 0 Å². The second-order valence-corrected chi connectivity index (χ2v) is 3.28. The number of nitrogens with two attached hydrogens (primary N) is 1. The van der Waals surface area contributed by atoms with E-state index < -0.39 is 5.97 Å². The molecule has 1 rings (SSSR count). The summed E-state index contributed by atoms with van der Waals surface area (Å²) in [6.45, 7) is 3.38. The van der Waals surface area contributed by atoms with Gasteiger partial charge < -0.3 is 10.8 Å². The Kier molecular flexibility index (Phi) is 3.08. The van der Waals surface area contributed by atoms with Crippen LogP contribution in [0.5, 0.6) is 0 Å². The number of rotatable bonds is 3. The number of anilines is 1. The first kappa shape index (κ1) is 11.2. The standard InChI is InChI=1S/C9H13N3O3/c1-5-6(2)11-9(10)12(8(5)15)4-3-7(13)14/h3-4H2,1-2H3,(H2,10,11)(H,13,14). The Bertz CT molecular complexity index is 451. The maximum absolute atomic E-state index is 11.7. The van der Waals surface area contributed by atoms with Crippen LogP contribution in [-0.2, 0) is 11.3 Å². The fraction of sp³-hybridized carbons (Fsp3) is 0.444. The lowest BCUT2D eigenvalue weighted by Crippen LogP contribution is -2.28. The molecule has 82 valence electrons. The van der Waals surface area contributed by atoms with Crippen molar-refractivity contribution in [3.8, 4) is 0 Å². The number of hydrogen-bond donors (Lipinski definition) is 2. The maximum atomic E-state index is 11.7. The van der Waals surface area contributed by atoms with Gasteiger partial charge in [0.15, 0.2) is 0 Å². The van der Waals surface area contributed by atoms with Crippen molar-refractivity contribution >= 4 is 11.9 Å². The summed E-state index contributed by atoms with van der Waals surface area (Å²) in [7, 11) is 0. The van der Waals surface area contributed by atoms with Crippen LogP contribution in [0.15, 0.2) is 4.79 Å². The summed E-state index contributed by atoms with van der Waals surface area (Å²) in [6.07, 6.45) is -0.145. The van der Waals surface area contributed by atoms with Gasteiger partial charge in [0.05, 0.1) is 6.42 Å². The van der Waals surface area contributed by atoms with Gasteiger partial charge in [-0.15, -0.1) is 0 Å². The predicted octanol–water partition coefficient (Wildman–Crippen LogP) is -0.0830. The highest BCUT2D eigenvalue weighted by Crippen LogP contribution is 2.02. The highest BCUT2D eigenvalue weighted by atomic mass is 16.4. The lowest BCUT2D eigenvalue weighted by Gasteiger charge is -2.09. The summed E-state index contributed by atoms with van der Waals surface area (Å²) in [4.78, 5) is 26.0. The SMILES string of the molecule is Cc1nc(N)n(CCC(=O)O)c(=O)c1C. The molecule has 0 aliphatic rings. The van der Waals surface area contributed by atoms with E-state index in [1.165, 1.54) is 4.57 Å². The minimum atomic E-state index is -0.973. The first-order chi connectivity index (χ1) is 6.93. The molecule has 1 aromatic heterocycles. The Balaban J connectivity index is 3.13. The molecule has 0 aliphatic carbocycles. The summed E-state index contributed by atoms with van der Waals surface area (Å²) >= 11 is 0. The molecular weight excluding hydrogens is 198 g/mol. The Labute approximate surface area is 86.4 Å². The van der Waals surface area contributed by atoms with Gasteiger partial charge in [0.1, 0.15) is 0 Å². The molecule has 0 atom stereocenters. The monoisotopic (exact) mass is 211 g/mol. The molecule has 0 saturated carbocycles. The van der Waals surface area contributed by atoms with E-state index in [0.29, 0.717) is 11.3 Å². The topological polar surface area (TPSA) is 98.2 Å². The van der Waals surface area contributed by atoms with Crippen LogP contribution in [0.1, 0.15) is 17.7 Å². The number of aromatic nitrogens is 2. The van der Waals surface area contributed by atoms with Gasteiger partial charge in [-0.3, -0.25) is 14.2 Å². The molecule has 6 heteroatoms.